The monoisotopic (exact) mass is 345 g/mol. The van der Waals surface area contributed by atoms with Crippen molar-refractivity contribution in [1.82, 2.24) is 4.90 Å². The SMILES string of the molecule is CC(=O)c1ccc(NCc2ccc(CN(C)C)c(F)c2)c([N+](=O)[O-])c1. The van der Waals surface area contributed by atoms with E-state index in [1.54, 1.807) is 12.1 Å². The molecule has 0 aromatic heterocycles. The lowest BCUT2D eigenvalue weighted by atomic mass is 10.1. The number of Topliss-reactive ketones (excluding diaryl/α,β-unsaturated/α-hetero) is 1. The Morgan fingerprint density at radius 1 is 1.24 bits per heavy atom. The van der Waals surface area contributed by atoms with E-state index in [4.69, 9.17) is 0 Å². The van der Waals surface area contributed by atoms with E-state index in [1.165, 1.54) is 31.2 Å². The Labute approximate surface area is 145 Å². The fraction of sp³-hybridized carbons (Fsp3) is 0.278. The molecule has 7 heteroatoms. The Morgan fingerprint density at radius 2 is 1.96 bits per heavy atom. The van der Waals surface area contributed by atoms with Gasteiger partial charge in [-0.1, -0.05) is 12.1 Å². The maximum atomic E-state index is 14.1. The molecule has 0 atom stereocenters. The van der Waals surface area contributed by atoms with Gasteiger partial charge >= 0.3 is 0 Å². The third-order valence-electron chi connectivity index (χ3n) is 3.69. The average molecular weight is 345 g/mol. The van der Waals surface area contributed by atoms with E-state index < -0.39 is 4.92 Å². The number of benzene rings is 2. The van der Waals surface area contributed by atoms with Gasteiger partial charge < -0.3 is 10.2 Å². The standard InChI is InChI=1S/C18H20FN3O3/c1-12(23)14-6-7-17(18(9-14)22(24)25)20-10-13-4-5-15(11-21(2)3)16(19)8-13/h4-9,20H,10-11H2,1-3H3. The van der Waals surface area contributed by atoms with Gasteiger partial charge in [-0.15, -0.1) is 0 Å². The molecular weight excluding hydrogens is 325 g/mol. The first kappa shape index (κ1) is 18.5. The summed E-state index contributed by atoms with van der Waals surface area (Å²) in [4.78, 5) is 23.9. The first-order chi connectivity index (χ1) is 11.8. The van der Waals surface area contributed by atoms with Gasteiger partial charge in [-0.25, -0.2) is 4.39 Å². The van der Waals surface area contributed by atoms with Crippen LogP contribution in [0.3, 0.4) is 0 Å². The number of carbonyl (C=O) groups is 1. The van der Waals surface area contributed by atoms with Gasteiger partial charge in [0, 0.05) is 30.3 Å². The quantitative estimate of drug-likeness (QED) is 0.471. The van der Waals surface area contributed by atoms with Gasteiger partial charge in [0.05, 0.1) is 4.92 Å². The van der Waals surface area contributed by atoms with Gasteiger partial charge in [-0.05, 0) is 44.8 Å². The number of nitrogens with one attached hydrogen (secondary N) is 1. The Morgan fingerprint density at radius 3 is 2.52 bits per heavy atom. The highest BCUT2D eigenvalue weighted by Crippen LogP contribution is 2.26. The molecule has 0 aliphatic carbocycles. The summed E-state index contributed by atoms with van der Waals surface area (Å²) in [5, 5.41) is 14.1. The third-order valence-corrected chi connectivity index (χ3v) is 3.69. The molecule has 6 nitrogen and oxygen atoms in total. The topological polar surface area (TPSA) is 75.5 Å². The molecule has 2 rings (SSSR count). The average Bonchev–Trinajstić information content (AvgIpc) is 2.54. The number of nitrogens with zero attached hydrogens (tertiary/aromatic N) is 2. The summed E-state index contributed by atoms with van der Waals surface area (Å²) in [5.74, 6) is -0.553. The molecule has 0 saturated carbocycles. The van der Waals surface area contributed by atoms with E-state index in [9.17, 15) is 19.3 Å². The number of hydrogen-bond acceptors (Lipinski definition) is 5. The minimum Gasteiger partial charge on any atom is -0.375 e. The lowest BCUT2D eigenvalue weighted by molar-refractivity contribution is -0.384. The molecule has 0 amide bonds. The van der Waals surface area contributed by atoms with Crippen molar-refractivity contribution in [3.63, 3.8) is 0 Å². The summed E-state index contributed by atoms with van der Waals surface area (Å²) in [7, 11) is 3.72. The van der Waals surface area contributed by atoms with Crippen molar-refractivity contribution < 1.29 is 14.1 Å². The van der Waals surface area contributed by atoms with Crippen LogP contribution in [0.15, 0.2) is 36.4 Å². The third kappa shape index (κ3) is 4.84. The molecule has 0 saturated heterocycles. The lowest BCUT2D eigenvalue weighted by Crippen LogP contribution is -2.12. The van der Waals surface area contributed by atoms with Crippen LogP contribution in [0.4, 0.5) is 15.8 Å². The molecule has 2 aromatic rings. The van der Waals surface area contributed by atoms with Crippen LogP contribution in [0.2, 0.25) is 0 Å². The van der Waals surface area contributed by atoms with Crippen molar-refractivity contribution in [2.45, 2.75) is 20.0 Å². The van der Waals surface area contributed by atoms with Gasteiger partial charge in [-0.3, -0.25) is 14.9 Å². The number of carbonyl (C=O) groups excluding carboxylic acids is 1. The van der Waals surface area contributed by atoms with E-state index >= 15 is 0 Å². The van der Waals surface area contributed by atoms with Crippen molar-refractivity contribution in [2.75, 3.05) is 19.4 Å². The summed E-state index contributed by atoms with van der Waals surface area (Å²) in [6, 6.07) is 9.17. The number of rotatable bonds is 7. The number of ketones is 1. The van der Waals surface area contributed by atoms with Gasteiger partial charge in [-0.2, -0.15) is 0 Å². The van der Waals surface area contributed by atoms with Gasteiger partial charge in [0.25, 0.3) is 5.69 Å². The Kier molecular flexibility index (Phi) is 5.82. The zero-order chi connectivity index (χ0) is 18.6. The summed E-state index contributed by atoms with van der Waals surface area (Å²) in [6.07, 6.45) is 0. The van der Waals surface area contributed by atoms with Crippen LogP contribution in [0, 0.1) is 15.9 Å². The second-order valence-corrected chi connectivity index (χ2v) is 6.06. The number of anilines is 1. The van der Waals surface area contributed by atoms with Crippen LogP contribution in [0.1, 0.15) is 28.4 Å². The smallest absolute Gasteiger partial charge is 0.293 e. The predicted octanol–water partition coefficient (Wildman–Crippen LogP) is 3.61. The first-order valence-corrected chi connectivity index (χ1v) is 7.73. The highest BCUT2D eigenvalue weighted by Gasteiger charge is 2.16. The Hall–Kier alpha value is -2.80. The molecular formula is C18H20FN3O3. The zero-order valence-electron chi connectivity index (χ0n) is 14.4. The molecule has 0 bridgehead atoms. The maximum Gasteiger partial charge on any atom is 0.293 e. The van der Waals surface area contributed by atoms with Gasteiger partial charge in [0.2, 0.25) is 0 Å². The summed E-state index contributed by atoms with van der Waals surface area (Å²) in [5.41, 5.74) is 1.64. The van der Waals surface area contributed by atoms with Crippen LogP contribution in [-0.4, -0.2) is 29.7 Å². The van der Waals surface area contributed by atoms with Crippen LogP contribution in [0.5, 0.6) is 0 Å². The molecule has 0 unspecified atom stereocenters. The lowest BCUT2D eigenvalue weighted by Gasteiger charge is -2.12. The fourth-order valence-electron chi connectivity index (χ4n) is 2.42. The van der Waals surface area contributed by atoms with Crippen molar-refractivity contribution in [2.24, 2.45) is 0 Å². The minimum atomic E-state index is -0.546. The normalized spacial score (nSPS) is 10.8. The summed E-state index contributed by atoms with van der Waals surface area (Å²) in [6.45, 7) is 2.08. The van der Waals surface area contributed by atoms with E-state index in [1.807, 2.05) is 19.0 Å². The predicted molar refractivity (Wildman–Crippen MR) is 94.2 cm³/mol. The fourth-order valence-corrected chi connectivity index (χ4v) is 2.42. The van der Waals surface area contributed by atoms with Crippen LogP contribution >= 0.6 is 0 Å². The zero-order valence-corrected chi connectivity index (χ0v) is 14.4. The summed E-state index contributed by atoms with van der Waals surface area (Å²) >= 11 is 0. The molecule has 25 heavy (non-hydrogen) atoms. The molecule has 0 fully saturated rings. The van der Waals surface area contributed by atoms with E-state index in [2.05, 4.69) is 5.32 Å². The number of nitro groups is 1. The highest BCUT2D eigenvalue weighted by molar-refractivity contribution is 5.95. The second-order valence-electron chi connectivity index (χ2n) is 6.06. The highest BCUT2D eigenvalue weighted by atomic mass is 19.1. The van der Waals surface area contributed by atoms with Gasteiger partial charge in [0.15, 0.2) is 5.78 Å². The Bertz CT molecular complexity index is 806. The Balaban J connectivity index is 2.17. The molecule has 2 aromatic carbocycles. The molecule has 132 valence electrons. The largest absolute Gasteiger partial charge is 0.375 e. The van der Waals surface area contributed by atoms with E-state index in [0.717, 1.165) is 0 Å². The van der Waals surface area contributed by atoms with Crippen molar-refractivity contribution >= 4 is 17.2 Å². The molecule has 0 heterocycles. The molecule has 0 spiro atoms. The molecule has 1 N–H and O–H groups in total. The maximum absolute atomic E-state index is 14.1. The van der Waals surface area contributed by atoms with Crippen molar-refractivity contribution in [1.29, 1.82) is 0 Å². The van der Waals surface area contributed by atoms with E-state index in [0.29, 0.717) is 17.7 Å². The molecule has 0 radical (unpaired) electrons. The minimum absolute atomic E-state index is 0.183. The number of hydrogen-bond donors (Lipinski definition) is 1. The van der Waals surface area contributed by atoms with E-state index in [-0.39, 0.29) is 35.1 Å². The van der Waals surface area contributed by atoms with Crippen LogP contribution in [0.25, 0.3) is 0 Å². The second kappa shape index (κ2) is 7.85. The van der Waals surface area contributed by atoms with Gasteiger partial charge in [0.1, 0.15) is 11.5 Å². The first-order valence-electron chi connectivity index (χ1n) is 7.73. The molecule has 0 aliphatic rings. The number of halogens is 1. The summed E-state index contributed by atoms with van der Waals surface area (Å²) < 4.78 is 14.1. The van der Waals surface area contributed by atoms with Crippen molar-refractivity contribution in [3.05, 3.63) is 69.0 Å². The number of nitro benzene ring substituents is 1. The molecule has 0 aliphatic heterocycles. The van der Waals surface area contributed by atoms with Crippen molar-refractivity contribution in [3.8, 4) is 0 Å². The van der Waals surface area contributed by atoms with Crippen LogP contribution < -0.4 is 5.32 Å². The van der Waals surface area contributed by atoms with Crippen LogP contribution in [-0.2, 0) is 13.1 Å².